The zero-order valence-corrected chi connectivity index (χ0v) is 18.9. The number of nitrogens with zero attached hydrogens (tertiary/aromatic N) is 3. The minimum absolute atomic E-state index is 0. The lowest BCUT2D eigenvalue weighted by Gasteiger charge is -2.18. The topological polar surface area (TPSA) is 52.5 Å². The molecule has 2 aromatic rings. The molecular weight excluding hydrogens is 449 g/mol. The summed E-state index contributed by atoms with van der Waals surface area (Å²) in [6, 6.07) is 14.7. The Labute approximate surface area is 180 Å². The molecule has 148 valence electrons. The molecule has 0 aliphatic heterocycles. The minimum Gasteiger partial charge on any atom is -0.356 e. The quantitative estimate of drug-likeness (QED) is 0.327. The van der Waals surface area contributed by atoms with Crippen LogP contribution >= 0.6 is 24.0 Å². The summed E-state index contributed by atoms with van der Waals surface area (Å²) >= 11 is 0. The highest BCUT2D eigenvalue weighted by atomic mass is 127. The van der Waals surface area contributed by atoms with Gasteiger partial charge in [-0.3, -0.25) is 14.9 Å². The van der Waals surface area contributed by atoms with E-state index in [1.165, 1.54) is 11.1 Å². The Morgan fingerprint density at radius 2 is 1.81 bits per heavy atom. The van der Waals surface area contributed by atoms with Gasteiger partial charge in [-0.2, -0.15) is 0 Å². The molecule has 2 rings (SSSR count). The average Bonchev–Trinajstić information content (AvgIpc) is 2.69. The van der Waals surface area contributed by atoms with E-state index >= 15 is 0 Å². The van der Waals surface area contributed by atoms with Crippen molar-refractivity contribution in [1.82, 2.24) is 20.5 Å². The first kappa shape index (κ1) is 23.4. The second kappa shape index (κ2) is 13.5. The first-order chi connectivity index (χ1) is 12.7. The van der Waals surface area contributed by atoms with Gasteiger partial charge in [-0.15, -0.1) is 24.0 Å². The highest BCUT2D eigenvalue weighted by molar-refractivity contribution is 14.0. The van der Waals surface area contributed by atoms with E-state index < -0.39 is 0 Å². The van der Waals surface area contributed by atoms with Gasteiger partial charge in [0.2, 0.25) is 0 Å². The molecule has 0 bridgehead atoms. The number of pyridine rings is 1. The van der Waals surface area contributed by atoms with Crippen molar-refractivity contribution < 1.29 is 0 Å². The van der Waals surface area contributed by atoms with Crippen LogP contribution in [0.4, 0.5) is 0 Å². The maximum absolute atomic E-state index is 4.34. The van der Waals surface area contributed by atoms with Gasteiger partial charge >= 0.3 is 0 Å². The summed E-state index contributed by atoms with van der Waals surface area (Å²) in [5, 5.41) is 6.73. The second-order valence-corrected chi connectivity index (χ2v) is 6.20. The Morgan fingerprint density at radius 1 is 1.04 bits per heavy atom. The Morgan fingerprint density at radius 3 is 2.48 bits per heavy atom. The molecule has 1 heterocycles. The van der Waals surface area contributed by atoms with E-state index in [4.69, 9.17) is 0 Å². The van der Waals surface area contributed by atoms with Crippen LogP contribution in [0.5, 0.6) is 0 Å². The van der Waals surface area contributed by atoms with E-state index in [1.54, 1.807) is 7.05 Å². The van der Waals surface area contributed by atoms with Crippen molar-refractivity contribution in [1.29, 1.82) is 0 Å². The molecule has 1 aromatic heterocycles. The molecule has 0 saturated heterocycles. The molecule has 1 aromatic carbocycles. The van der Waals surface area contributed by atoms with Crippen LogP contribution in [0.1, 0.15) is 30.7 Å². The predicted molar refractivity (Wildman–Crippen MR) is 125 cm³/mol. The van der Waals surface area contributed by atoms with Gasteiger partial charge in [0.25, 0.3) is 0 Å². The van der Waals surface area contributed by atoms with Crippen LogP contribution in [0.3, 0.4) is 0 Å². The van der Waals surface area contributed by atoms with Gasteiger partial charge in [-0.05, 0) is 36.3 Å². The lowest BCUT2D eigenvalue weighted by Crippen LogP contribution is -2.37. The van der Waals surface area contributed by atoms with Gasteiger partial charge in [-0.1, -0.05) is 44.2 Å². The molecule has 27 heavy (non-hydrogen) atoms. The standard InChI is InChI=1S/C21H31N5.HI/c1-4-26(5-2)17-19-10-8-9-18(15-19)16-25-21(22-3)24-14-12-20-11-6-7-13-23-20;/h6-11,13,15H,4-5,12,14,16-17H2,1-3H3,(H2,22,24,25);1H. The number of guanidine groups is 1. The third kappa shape index (κ3) is 8.71. The van der Waals surface area contributed by atoms with Gasteiger partial charge in [0.1, 0.15) is 0 Å². The molecule has 0 aliphatic rings. The van der Waals surface area contributed by atoms with E-state index in [1.807, 2.05) is 24.4 Å². The second-order valence-electron chi connectivity index (χ2n) is 6.20. The van der Waals surface area contributed by atoms with Gasteiger partial charge in [-0.25, -0.2) is 0 Å². The van der Waals surface area contributed by atoms with Gasteiger partial charge in [0.15, 0.2) is 5.96 Å². The third-order valence-corrected chi connectivity index (χ3v) is 4.38. The molecule has 6 heteroatoms. The molecule has 0 unspecified atom stereocenters. The lowest BCUT2D eigenvalue weighted by molar-refractivity contribution is 0.296. The van der Waals surface area contributed by atoms with Gasteiger partial charge < -0.3 is 10.6 Å². The van der Waals surface area contributed by atoms with Crippen LogP contribution in [0, 0.1) is 0 Å². The SMILES string of the molecule is CCN(CC)Cc1cccc(CNC(=NC)NCCc2ccccn2)c1.I. The average molecular weight is 481 g/mol. The molecule has 0 amide bonds. The Balaban J connectivity index is 0.00000364. The molecule has 0 spiro atoms. The monoisotopic (exact) mass is 481 g/mol. The molecule has 0 radical (unpaired) electrons. The Bertz CT molecular complexity index is 671. The van der Waals surface area contributed by atoms with E-state index in [-0.39, 0.29) is 24.0 Å². The van der Waals surface area contributed by atoms with Crippen LogP contribution < -0.4 is 10.6 Å². The number of hydrogen-bond acceptors (Lipinski definition) is 3. The zero-order chi connectivity index (χ0) is 18.6. The van der Waals surface area contributed by atoms with Crippen LogP contribution in [-0.4, -0.2) is 42.5 Å². The molecule has 0 fully saturated rings. The van der Waals surface area contributed by atoms with E-state index in [0.717, 1.165) is 50.8 Å². The molecule has 2 N–H and O–H groups in total. The normalized spacial score (nSPS) is 11.2. The fraction of sp³-hybridized carbons (Fsp3) is 0.429. The number of aromatic nitrogens is 1. The van der Waals surface area contributed by atoms with E-state index in [0.29, 0.717) is 0 Å². The van der Waals surface area contributed by atoms with Crippen LogP contribution in [0.15, 0.2) is 53.7 Å². The summed E-state index contributed by atoms with van der Waals surface area (Å²) in [6.07, 6.45) is 2.70. The molecule has 0 saturated carbocycles. The number of nitrogens with one attached hydrogen (secondary N) is 2. The summed E-state index contributed by atoms with van der Waals surface area (Å²) in [7, 11) is 1.80. The fourth-order valence-corrected chi connectivity index (χ4v) is 2.80. The summed E-state index contributed by atoms with van der Waals surface area (Å²) in [5.41, 5.74) is 3.70. The number of rotatable bonds is 9. The fourth-order valence-electron chi connectivity index (χ4n) is 2.80. The minimum atomic E-state index is 0. The van der Waals surface area contributed by atoms with Crippen molar-refractivity contribution in [2.45, 2.75) is 33.4 Å². The van der Waals surface area contributed by atoms with E-state index in [2.05, 4.69) is 63.6 Å². The number of benzene rings is 1. The van der Waals surface area contributed by atoms with Crippen molar-refractivity contribution in [2.24, 2.45) is 4.99 Å². The highest BCUT2D eigenvalue weighted by Crippen LogP contribution is 2.08. The van der Waals surface area contributed by atoms with Crippen molar-refractivity contribution in [3.05, 3.63) is 65.5 Å². The first-order valence-corrected chi connectivity index (χ1v) is 9.39. The largest absolute Gasteiger partial charge is 0.356 e. The number of aliphatic imine (C=N–C) groups is 1. The maximum Gasteiger partial charge on any atom is 0.191 e. The van der Waals surface area contributed by atoms with Crippen LogP contribution in [0.2, 0.25) is 0 Å². The smallest absolute Gasteiger partial charge is 0.191 e. The summed E-state index contributed by atoms with van der Waals surface area (Å²) in [5.74, 6) is 0.815. The number of halogens is 1. The molecule has 0 aliphatic carbocycles. The Kier molecular flexibility index (Phi) is 11.7. The lowest BCUT2D eigenvalue weighted by atomic mass is 10.1. The zero-order valence-electron chi connectivity index (χ0n) is 16.6. The molecule has 5 nitrogen and oxygen atoms in total. The number of hydrogen-bond donors (Lipinski definition) is 2. The van der Waals surface area contributed by atoms with Crippen molar-refractivity contribution in [3.8, 4) is 0 Å². The summed E-state index contributed by atoms with van der Waals surface area (Å²) in [4.78, 5) is 11.1. The Hall–Kier alpha value is -1.67. The molecule has 0 atom stereocenters. The highest BCUT2D eigenvalue weighted by Gasteiger charge is 2.03. The predicted octanol–water partition coefficient (Wildman–Crippen LogP) is 3.45. The van der Waals surface area contributed by atoms with Gasteiger partial charge in [0.05, 0.1) is 0 Å². The van der Waals surface area contributed by atoms with Crippen LogP contribution in [0.25, 0.3) is 0 Å². The van der Waals surface area contributed by atoms with Crippen molar-refractivity contribution in [3.63, 3.8) is 0 Å². The molecular formula is C21H32IN5. The van der Waals surface area contributed by atoms with Crippen LogP contribution in [-0.2, 0) is 19.5 Å². The third-order valence-electron chi connectivity index (χ3n) is 4.38. The van der Waals surface area contributed by atoms with Gasteiger partial charge in [0, 0.05) is 45.0 Å². The van der Waals surface area contributed by atoms with Crippen molar-refractivity contribution in [2.75, 3.05) is 26.7 Å². The van der Waals surface area contributed by atoms with Crippen molar-refractivity contribution >= 4 is 29.9 Å². The van der Waals surface area contributed by atoms with E-state index in [9.17, 15) is 0 Å². The maximum atomic E-state index is 4.34. The first-order valence-electron chi connectivity index (χ1n) is 9.39. The summed E-state index contributed by atoms with van der Waals surface area (Å²) in [6.45, 7) is 9.12. The summed E-state index contributed by atoms with van der Waals surface area (Å²) < 4.78 is 0.